The molecule has 0 atom stereocenters. The van der Waals surface area contributed by atoms with E-state index < -0.39 is 5.60 Å². The molecule has 164 valence electrons. The summed E-state index contributed by atoms with van der Waals surface area (Å²) in [7, 11) is 1.73. The first-order valence-electron chi connectivity index (χ1n) is 9.85. The second-order valence-corrected chi connectivity index (χ2v) is 8.28. The van der Waals surface area contributed by atoms with Gasteiger partial charge in [0.15, 0.2) is 5.96 Å². The van der Waals surface area contributed by atoms with Crippen LogP contribution < -0.4 is 21.3 Å². The van der Waals surface area contributed by atoms with E-state index in [1.54, 1.807) is 7.05 Å². The Kier molecular flexibility index (Phi) is 12.5. The van der Waals surface area contributed by atoms with Gasteiger partial charge in [0.05, 0.1) is 0 Å². The Balaban J connectivity index is 0.00000729. The summed E-state index contributed by atoms with van der Waals surface area (Å²) in [5, 5.41) is 12.4. The van der Waals surface area contributed by atoms with E-state index in [4.69, 9.17) is 4.74 Å². The quantitative estimate of drug-likeness (QED) is 0.190. The van der Waals surface area contributed by atoms with Crippen molar-refractivity contribution in [3.05, 3.63) is 0 Å². The van der Waals surface area contributed by atoms with Crippen molar-refractivity contribution in [1.82, 2.24) is 21.3 Å². The van der Waals surface area contributed by atoms with E-state index in [9.17, 15) is 9.59 Å². The number of alkyl carbamates (subject to hydrolysis) is 1. The fraction of sp³-hybridized carbons (Fsp3) is 0.842. The Bertz CT molecular complexity index is 512. The average Bonchev–Trinajstić information content (AvgIpc) is 2.57. The Morgan fingerprint density at radius 3 is 1.96 bits per heavy atom. The van der Waals surface area contributed by atoms with Crippen LogP contribution >= 0.6 is 24.0 Å². The number of hydrogen-bond donors (Lipinski definition) is 4. The summed E-state index contributed by atoms with van der Waals surface area (Å²) in [4.78, 5) is 27.6. The standard InChI is InChI=1S/C19H37N5O3.HI/c1-13(2)16(25)21-11-12-22-17(20-6)23-14-7-9-15(10-8-14)24-18(26)27-19(3,4)5;/h13-15H,7-12H2,1-6H3,(H,21,25)(H,24,26)(H2,20,22,23);1H. The summed E-state index contributed by atoms with van der Waals surface area (Å²) in [6.07, 6.45) is 3.35. The van der Waals surface area contributed by atoms with Crippen LogP contribution in [0.4, 0.5) is 4.79 Å². The predicted octanol–water partition coefficient (Wildman–Crippen LogP) is 2.38. The van der Waals surface area contributed by atoms with Crippen LogP contribution in [0.5, 0.6) is 0 Å². The third-order valence-corrected chi connectivity index (χ3v) is 4.25. The Hall–Kier alpha value is -1.26. The highest BCUT2D eigenvalue weighted by Gasteiger charge is 2.25. The third-order valence-electron chi connectivity index (χ3n) is 4.25. The van der Waals surface area contributed by atoms with Gasteiger partial charge in [0.2, 0.25) is 5.91 Å². The number of nitrogens with zero attached hydrogens (tertiary/aromatic N) is 1. The molecule has 9 heteroatoms. The van der Waals surface area contributed by atoms with Crippen molar-refractivity contribution in [2.45, 2.75) is 78.0 Å². The summed E-state index contributed by atoms with van der Waals surface area (Å²) < 4.78 is 5.31. The van der Waals surface area contributed by atoms with Gasteiger partial charge >= 0.3 is 6.09 Å². The molecule has 0 bridgehead atoms. The maximum Gasteiger partial charge on any atom is 0.407 e. The highest BCUT2D eigenvalue weighted by molar-refractivity contribution is 14.0. The van der Waals surface area contributed by atoms with Crippen LogP contribution in [0.3, 0.4) is 0 Å². The molecule has 1 aliphatic carbocycles. The largest absolute Gasteiger partial charge is 0.444 e. The number of rotatable bonds is 6. The third kappa shape index (κ3) is 11.6. The minimum atomic E-state index is -0.477. The molecular formula is C19H38IN5O3. The van der Waals surface area contributed by atoms with Crippen molar-refractivity contribution >= 4 is 41.9 Å². The minimum absolute atomic E-state index is 0. The van der Waals surface area contributed by atoms with Crippen molar-refractivity contribution < 1.29 is 14.3 Å². The maximum absolute atomic E-state index is 11.9. The molecule has 0 unspecified atom stereocenters. The Morgan fingerprint density at radius 1 is 1.00 bits per heavy atom. The summed E-state index contributed by atoms with van der Waals surface area (Å²) >= 11 is 0. The first kappa shape index (κ1) is 26.7. The Morgan fingerprint density at radius 2 is 1.50 bits per heavy atom. The molecule has 0 heterocycles. The van der Waals surface area contributed by atoms with Crippen molar-refractivity contribution in [2.24, 2.45) is 10.9 Å². The maximum atomic E-state index is 11.9. The molecule has 0 spiro atoms. The van der Waals surface area contributed by atoms with Crippen LogP contribution in [0, 0.1) is 5.92 Å². The van der Waals surface area contributed by atoms with Gasteiger partial charge in [-0.1, -0.05) is 13.8 Å². The SMILES string of the molecule is CN=C(NCCNC(=O)C(C)C)NC1CCC(NC(=O)OC(C)(C)C)CC1.I. The van der Waals surface area contributed by atoms with Gasteiger partial charge in [0, 0.05) is 38.1 Å². The number of aliphatic imine (C=N–C) groups is 1. The van der Waals surface area contributed by atoms with E-state index in [-0.39, 0.29) is 47.9 Å². The van der Waals surface area contributed by atoms with Gasteiger partial charge in [-0.25, -0.2) is 4.79 Å². The molecule has 4 N–H and O–H groups in total. The van der Waals surface area contributed by atoms with E-state index in [1.165, 1.54) is 0 Å². The number of carbonyl (C=O) groups is 2. The lowest BCUT2D eigenvalue weighted by atomic mass is 9.91. The zero-order valence-corrected chi connectivity index (χ0v) is 20.4. The van der Waals surface area contributed by atoms with Crippen LogP contribution in [-0.2, 0) is 9.53 Å². The van der Waals surface area contributed by atoms with Gasteiger partial charge < -0.3 is 26.0 Å². The topological polar surface area (TPSA) is 104 Å². The predicted molar refractivity (Wildman–Crippen MR) is 123 cm³/mol. The molecule has 0 aromatic heterocycles. The van der Waals surface area contributed by atoms with E-state index in [0.29, 0.717) is 19.1 Å². The number of halogens is 1. The number of hydrogen-bond acceptors (Lipinski definition) is 4. The minimum Gasteiger partial charge on any atom is -0.444 e. The number of ether oxygens (including phenoxy) is 1. The molecule has 1 fully saturated rings. The molecule has 2 amide bonds. The zero-order chi connectivity index (χ0) is 20.4. The van der Waals surface area contributed by atoms with Crippen molar-refractivity contribution in [3.63, 3.8) is 0 Å². The normalized spacial score (nSPS) is 20.0. The summed E-state index contributed by atoms with van der Waals surface area (Å²) in [5.74, 6) is 0.778. The van der Waals surface area contributed by atoms with Crippen LogP contribution in [0.15, 0.2) is 4.99 Å². The van der Waals surface area contributed by atoms with Gasteiger partial charge in [0.1, 0.15) is 5.60 Å². The molecule has 1 rings (SSSR count). The second-order valence-electron chi connectivity index (χ2n) is 8.28. The number of nitrogens with one attached hydrogen (secondary N) is 4. The van der Waals surface area contributed by atoms with Gasteiger partial charge in [-0.2, -0.15) is 0 Å². The molecule has 28 heavy (non-hydrogen) atoms. The van der Waals surface area contributed by atoms with Crippen molar-refractivity contribution in [1.29, 1.82) is 0 Å². The highest BCUT2D eigenvalue weighted by Crippen LogP contribution is 2.19. The van der Waals surface area contributed by atoms with E-state index in [1.807, 2.05) is 34.6 Å². The summed E-state index contributed by atoms with van der Waals surface area (Å²) in [5.41, 5.74) is -0.477. The molecule has 8 nitrogen and oxygen atoms in total. The molecule has 1 aliphatic rings. The van der Waals surface area contributed by atoms with E-state index in [2.05, 4.69) is 26.3 Å². The fourth-order valence-corrected chi connectivity index (χ4v) is 2.82. The molecule has 0 aromatic carbocycles. The van der Waals surface area contributed by atoms with Crippen LogP contribution in [0.25, 0.3) is 0 Å². The van der Waals surface area contributed by atoms with E-state index >= 15 is 0 Å². The first-order valence-corrected chi connectivity index (χ1v) is 9.85. The number of amides is 2. The summed E-state index contributed by atoms with van der Waals surface area (Å²) in [6, 6.07) is 0.470. The second kappa shape index (κ2) is 13.1. The molecule has 0 saturated heterocycles. The number of guanidine groups is 1. The van der Waals surface area contributed by atoms with Crippen molar-refractivity contribution in [3.8, 4) is 0 Å². The molecular weight excluding hydrogens is 473 g/mol. The first-order chi connectivity index (χ1) is 12.6. The molecule has 1 saturated carbocycles. The van der Waals surface area contributed by atoms with Gasteiger partial charge in [-0.05, 0) is 46.5 Å². The Labute approximate surface area is 186 Å². The highest BCUT2D eigenvalue weighted by atomic mass is 127. The van der Waals surface area contributed by atoms with Crippen LogP contribution in [0.1, 0.15) is 60.3 Å². The lowest BCUT2D eigenvalue weighted by Crippen LogP contribution is -2.49. The lowest BCUT2D eigenvalue weighted by Gasteiger charge is -2.31. The smallest absolute Gasteiger partial charge is 0.407 e. The zero-order valence-electron chi connectivity index (χ0n) is 18.1. The van der Waals surface area contributed by atoms with E-state index in [0.717, 1.165) is 31.6 Å². The molecule has 0 aromatic rings. The fourth-order valence-electron chi connectivity index (χ4n) is 2.82. The lowest BCUT2D eigenvalue weighted by molar-refractivity contribution is -0.123. The van der Waals surface area contributed by atoms with Crippen LogP contribution in [0.2, 0.25) is 0 Å². The van der Waals surface area contributed by atoms with Crippen molar-refractivity contribution in [2.75, 3.05) is 20.1 Å². The summed E-state index contributed by atoms with van der Waals surface area (Å²) in [6.45, 7) is 10.5. The van der Waals surface area contributed by atoms with Gasteiger partial charge in [-0.15, -0.1) is 24.0 Å². The van der Waals surface area contributed by atoms with Gasteiger partial charge in [-0.3, -0.25) is 9.79 Å². The van der Waals surface area contributed by atoms with Crippen LogP contribution in [-0.4, -0.2) is 55.8 Å². The average molecular weight is 511 g/mol. The number of carbonyl (C=O) groups excluding carboxylic acids is 2. The molecule has 0 radical (unpaired) electrons. The monoisotopic (exact) mass is 511 g/mol. The van der Waals surface area contributed by atoms with Gasteiger partial charge in [0.25, 0.3) is 0 Å². The molecule has 0 aliphatic heterocycles.